The van der Waals surface area contributed by atoms with Crippen LogP contribution in [0.25, 0.3) is 0 Å². The fourth-order valence-electron chi connectivity index (χ4n) is 2.25. The Balaban J connectivity index is 1.82. The number of hydrogen-bond acceptors (Lipinski definition) is 8. The van der Waals surface area contributed by atoms with Gasteiger partial charge in [0.1, 0.15) is 10.7 Å². The predicted octanol–water partition coefficient (Wildman–Crippen LogP) is 0.0289. The van der Waals surface area contributed by atoms with Crippen molar-refractivity contribution < 1.29 is 0 Å². The normalized spacial score (nSPS) is 14.8. The molecule has 0 aromatic carbocycles. The summed E-state index contributed by atoms with van der Waals surface area (Å²) in [6.45, 7) is 2.24. The second-order valence-electron chi connectivity index (χ2n) is 4.60. The van der Waals surface area contributed by atoms with Gasteiger partial charge >= 0.3 is 0 Å². The Bertz CT molecular complexity index is 646. The number of nitrogens with one attached hydrogen (secondary N) is 1. The molecule has 0 bridgehead atoms. The molecule has 0 radical (unpaired) electrons. The lowest BCUT2D eigenvalue weighted by Gasteiger charge is -2.16. The van der Waals surface area contributed by atoms with Crippen LogP contribution in [0.2, 0.25) is 0 Å². The zero-order valence-corrected chi connectivity index (χ0v) is 11.6. The van der Waals surface area contributed by atoms with E-state index in [0.29, 0.717) is 10.7 Å². The molecule has 20 heavy (non-hydrogen) atoms. The van der Waals surface area contributed by atoms with E-state index >= 15 is 0 Å². The van der Waals surface area contributed by atoms with Crippen LogP contribution >= 0.6 is 11.5 Å². The maximum atomic E-state index is 12.1. The molecule has 1 saturated heterocycles. The topological polar surface area (TPSA) is 102 Å². The van der Waals surface area contributed by atoms with E-state index in [-0.39, 0.29) is 12.1 Å². The Labute approximate surface area is 119 Å². The van der Waals surface area contributed by atoms with E-state index in [1.165, 1.54) is 17.5 Å². The maximum absolute atomic E-state index is 12.1. The number of hydrazine groups is 1. The van der Waals surface area contributed by atoms with Crippen LogP contribution in [0, 0.1) is 0 Å². The van der Waals surface area contributed by atoms with Crippen molar-refractivity contribution in [2.75, 3.05) is 23.4 Å². The first-order chi connectivity index (χ1) is 9.78. The van der Waals surface area contributed by atoms with E-state index in [1.54, 1.807) is 12.3 Å². The Morgan fingerprint density at radius 1 is 1.40 bits per heavy atom. The van der Waals surface area contributed by atoms with Gasteiger partial charge in [-0.1, -0.05) is 4.49 Å². The van der Waals surface area contributed by atoms with E-state index in [9.17, 15) is 4.79 Å². The molecule has 0 unspecified atom stereocenters. The average Bonchev–Trinajstić information content (AvgIpc) is 3.11. The zero-order chi connectivity index (χ0) is 13.9. The maximum Gasteiger partial charge on any atom is 0.269 e. The molecule has 3 heterocycles. The van der Waals surface area contributed by atoms with Gasteiger partial charge in [0.2, 0.25) is 0 Å². The van der Waals surface area contributed by atoms with Crippen LogP contribution in [-0.4, -0.2) is 32.5 Å². The van der Waals surface area contributed by atoms with Crippen molar-refractivity contribution in [1.29, 1.82) is 0 Å². The molecule has 0 saturated carbocycles. The number of aromatic nitrogens is 4. The van der Waals surface area contributed by atoms with Crippen molar-refractivity contribution >= 4 is 22.2 Å². The van der Waals surface area contributed by atoms with E-state index in [2.05, 4.69) is 25.0 Å². The van der Waals surface area contributed by atoms with Crippen molar-refractivity contribution in [3.05, 3.63) is 28.3 Å². The van der Waals surface area contributed by atoms with Gasteiger partial charge in [0.25, 0.3) is 5.56 Å². The Morgan fingerprint density at radius 3 is 2.90 bits per heavy atom. The van der Waals surface area contributed by atoms with Gasteiger partial charge in [0, 0.05) is 30.7 Å². The summed E-state index contributed by atoms with van der Waals surface area (Å²) < 4.78 is 5.16. The highest BCUT2D eigenvalue weighted by atomic mass is 32.1. The predicted molar refractivity (Wildman–Crippen MR) is 76.8 cm³/mol. The quantitative estimate of drug-likeness (QED) is 0.605. The van der Waals surface area contributed by atoms with E-state index < -0.39 is 0 Å². The first-order valence-corrected chi connectivity index (χ1v) is 7.15. The third-order valence-corrected chi connectivity index (χ3v) is 4.01. The molecular weight excluding hydrogens is 278 g/mol. The molecule has 2 aromatic rings. The molecule has 3 rings (SSSR count). The number of nitrogens with two attached hydrogens (primary N) is 1. The van der Waals surface area contributed by atoms with Gasteiger partial charge < -0.3 is 10.3 Å². The minimum atomic E-state index is -0.148. The second kappa shape index (κ2) is 5.55. The van der Waals surface area contributed by atoms with Gasteiger partial charge in [0.05, 0.1) is 18.4 Å². The third-order valence-electron chi connectivity index (χ3n) is 3.31. The highest BCUT2D eigenvalue weighted by Crippen LogP contribution is 2.18. The van der Waals surface area contributed by atoms with Crippen molar-refractivity contribution in [1.82, 2.24) is 19.4 Å². The molecule has 9 heteroatoms. The van der Waals surface area contributed by atoms with E-state index in [0.717, 1.165) is 30.3 Å². The molecule has 1 fully saturated rings. The largest absolute Gasteiger partial charge is 0.370 e. The number of nitrogen functional groups attached to an aromatic ring is 1. The Hall–Kier alpha value is -2.00. The molecule has 0 aliphatic carbocycles. The molecule has 0 spiro atoms. The molecule has 1 aliphatic heterocycles. The molecule has 0 amide bonds. The summed E-state index contributed by atoms with van der Waals surface area (Å²) in [4.78, 5) is 14.3. The summed E-state index contributed by atoms with van der Waals surface area (Å²) in [5.41, 5.74) is 3.86. The van der Waals surface area contributed by atoms with Crippen LogP contribution in [0.5, 0.6) is 0 Å². The molecule has 8 nitrogen and oxygen atoms in total. The molecule has 106 valence electrons. The van der Waals surface area contributed by atoms with Crippen LogP contribution in [0.1, 0.15) is 18.5 Å². The number of anilines is 2. The first-order valence-electron chi connectivity index (χ1n) is 6.38. The van der Waals surface area contributed by atoms with Gasteiger partial charge in [-0.05, 0) is 12.8 Å². The summed E-state index contributed by atoms with van der Waals surface area (Å²) >= 11 is 1.15. The molecular formula is C11H15N7OS. The molecule has 1 aliphatic rings. The van der Waals surface area contributed by atoms with Crippen molar-refractivity contribution in [2.45, 2.75) is 19.4 Å². The van der Waals surface area contributed by atoms with Crippen LogP contribution in [0.15, 0.2) is 17.1 Å². The number of nitrogens with zero attached hydrogens (tertiary/aromatic N) is 5. The zero-order valence-electron chi connectivity index (χ0n) is 10.8. The van der Waals surface area contributed by atoms with Gasteiger partial charge in [-0.2, -0.15) is 5.10 Å². The van der Waals surface area contributed by atoms with Crippen LogP contribution in [0.3, 0.4) is 0 Å². The standard InChI is InChI=1S/C11H15N7OS/c12-14-11-9(15-16-20-11)7-18-10(19)5-8(6-13-18)17-3-1-2-4-17/h5-6,14H,1-4,7,12H2. The Kier molecular flexibility index (Phi) is 3.61. The number of hydrogen-bond donors (Lipinski definition) is 2. The first kappa shape index (κ1) is 13.0. The van der Waals surface area contributed by atoms with Crippen LogP contribution in [-0.2, 0) is 6.54 Å². The van der Waals surface area contributed by atoms with Gasteiger partial charge in [-0.25, -0.2) is 10.5 Å². The summed E-state index contributed by atoms with van der Waals surface area (Å²) in [6.07, 6.45) is 4.06. The minimum absolute atomic E-state index is 0.148. The van der Waals surface area contributed by atoms with Gasteiger partial charge in [-0.3, -0.25) is 4.79 Å². The van der Waals surface area contributed by atoms with Gasteiger partial charge in [0.15, 0.2) is 0 Å². The van der Waals surface area contributed by atoms with Crippen LogP contribution in [0.4, 0.5) is 10.7 Å². The monoisotopic (exact) mass is 293 g/mol. The minimum Gasteiger partial charge on any atom is -0.370 e. The lowest BCUT2D eigenvalue weighted by atomic mass is 10.4. The fraction of sp³-hybridized carbons (Fsp3) is 0.455. The molecule has 0 atom stereocenters. The van der Waals surface area contributed by atoms with Crippen molar-refractivity contribution in [3.63, 3.8) is 0 Å². The third kappa shape index (κ3) is 2.49. The van der Waals surface area contributed by atoms with Crippen molar-refractivity contribution in [2.24, 2.45) is 5.84 Å². The summed E-state index contributed by atoms with van der Waals surface area (Å²) in [5, 5.41) is 8.78. The van der Waals surface area contributed by atoms with E-state index in [4.69, 9.17) is 5.84 Å². The highest BCUT2D eigenvalue weighted by molar-refractivity contribution is 7.10. The average molecular weight is 293 g/mol. The summed E-state index contributed by atoms with van der Waals surface area (Å²) in [5.74, 6) is 5.36. The fourth-order valence-corrected chi connectivity index (χ4v) is 2.74. The van der Waals surface area contributed by atoms with Gasteiger partial charge in [-0.15, -0.1) is 5.10 Å². The molecule has 3 N–H and O–H groups in total. The second-order valence-corrected chi connectivity index (χ2v) is 5.35. The van der Waals surface area contributed by atoms with Crippen LogP contribution < -0.4 is 21.7 Å². The summed E-state index contributed by atoms with van der Waals surface area (Å²) in [6, 6.07) is 1.62. The van der Waals surface area contributed by atoms with E-state index in [1.807, 2.05) is 0 Å². The number of rotatable bonds is 4. The van der Waals surface area contributed by atoms with Crippen molar-refractivity contribution in [3.8, 4) is 0 Å². The molecule has 2 aromatic heterocycles. The smallest absolute Gasteiger partial charge is 0.269 e. The lowest BCUT2D eigenvalue weighted by Crippen LogP contribution is -2.27. The lowest BCUT2D eigenvalue weighted by molar-refractivity contribution is 0.625. The highest BCUT2D eigenvalue weighted by Gasteiger charge is 2.14. The summed E-state index contributed by atoms with van der Waals surface area (Å²) in [7, 11) is 0. The Morgan fingerprint density at radius 2 is 2.20 bits per heavy atom. The SMILES string of the molecule is NNc1snnc1Cn1ncc(N2CCCC2)cc1=O.